The number of para-hydroxylation sites is 2. The molecule has 1 fully saturated rings. The van der Waals surface area contributed by atoms with Gasteiger partial charge in [-0.1, -0.05) is 38.1 Å². The fraction of sp³-hybridized carbons (Fsp3) is 0.419. The molecule has 5 rings (SSSR count). The normalized spacial score (nSPS) is 20.7. The van der Waals surface area contributed by atoms with Crippen LogP contribution in [0, 0.1) is 11.3 Å². The summed E-state index contributed by atoms with van der Waals surface area (Å²) in [5, 5.41) is 3.55. The van der Waals surface area contributed by atoms with Crippen LogP contribution in [0.3, 0.4) is 0 Å². The van der Waals surface area contributed by atoms with Crippen LogP contribution in [-0.2, 0) is 19.1 Å². The molecule has 0 radical (unpaired) electrons. The van der Waals surface area contributed by atoms with E-state index in [1.54, 1.807) is 17.0 Å². The number of hydrogen-bond acceptors (Lipinski definition) is 7. The van der Waals surface area contributed by atoms with Crippen LogP contribution < -0.4 is 16.0 Å². The van der Waals surface area contributed by atoms with Gasteiger partial charge in [-0.25, -0.2) is 4.79 Å². The topological polar surface area (TPSA) is 122 Å². The first-order valence-electron chi connectivity index (χ1n) is 13.7. The number of benzene rings is 2. The molecule has 3 aliphatic rings. The first-order valence-corrected chi connectivity index (χ1v) is 13.7. The summed E-state index contributed by atoms with van der Waals surface area (Å²) < 4.78 is 4.88. The van der Waals surface area contributed by atoms with Crippen LogP contribution in [0.25, 0.3) is 0 Å². The predicted octanol–water partition coefficient (Wildman–Crippen LogP) is 3.81. The molecule has 9 heteroatoms. The van der Waals surface area contributed by atoms with Gasteiger partial charge in [-0.3, -0.25) is 14.4 Å². The zero-order chi connectivity index (χ0) is 28.6. The van der Waals surface area contributed by atoms with Gasteiger partial charge in [-0.05, 0) is 54.5 Å². The number of carbonyl (C=O) groups is 4. The number of esters is 1. The molecule has 2 amide bonds. The lowest BCUT2D eigenvalue weighted by atomic mass is 9.73. The summed E-state index contributed by atoms with van der Waals surface area (Å²) in [6.45, 7) is 5.13. The molecule has 210 valence electrons. The first-order chi connectivity index (χ1) is 19.1. The highest BCUT2D eigenvalue weighted by Gasteiger charge is 2.42. The van der Waals surface area contributed by atoms with E-state index < -0.39 is 12.0 Å². The van der Waals surface area contributed by atoms with Gasteiger partial charge in [0.15, 0.2) is 5.78 Å². The fourth-order valence-electron chi connectivity index (χ4n) is 6.15. The zero-order valence-electron chi connectivity index (χ0n) is 23.2. The van der Waals surface area contributed by atoms with Crippen molar-refractivity contribution in [3.8, 4) is 0 Å². The number of amides is 2. The van der Waals surface area contributed by atoms with Gasteiger partial charge in [0.25, 0.3) is 0 Å². The SMILES string of the molecule is COC(=O)c1ccc(C2C3=C(CC(C)(C)CC3=O)Nc3ccccc3N2CC(=O)N2CCC(C(N)=O)CC2)cc1. The van der Waals surface area contributed by atoms with Gasteiger partial charge in [0.1, 0.15) is 0 Å². The largest absolute Gasteiger partial charge is 0.465 e. The quantitative estimate of drug-likeness (QED) is 0.549. The van der Waals surface area contributed by atoms with E-state index in [2.05, 4.69) is 19.2 Å². The van der Waals surface area contributed by atoms with Crippen molar-refractivity contribution in [2.75, 3.05) is 37.0 Å². The third kappa shape index (κ3) is 5.33. The van der Waals surface area contributed by atoms with Crippen LogP contribution in [0.5, 0.6) is 0 Å². The van der Waals surface area contributed by atoms with Crippen molar-refractivity contribution in [2.45, 2.75) is 45.6 Å². The molecule has 1 unspecified atom stereocenters. The van der Waals surface area contributed by atoms with Gasteiger partial charge in [0.05, 0.1) is 36.6 Å². The van der Waals surface area contributed by atoms with E-state index in [9.17, 15) is 19.2 Å². The van der Waals surface area contributed by atoms with Gasteiger partial charge in [-0.2, -0.15) is 0 Å². The summed E-state index contributed by atoms with van der Waals surface area (Å²) in [7, 11) is 1.34. The number of allylic oxidation sites excluding steroid dienone is 1. The maximum atomic E-state index is 13.8. The van der Waals surface area contributed by atoms with Gasteiger partial charge >= 0.3 is 5.97 Å². The van der Waals surface area contributed by atoms with Crippen molar-refractivity contribution >= 4 is 34.9 Å². The van der Waals surface area contributed by atoms with Gasteiger partial charge in [0.2, 0.25) is 11.8 Å². The van der Waals surface area contributed by atoms with E-state index in [0.29, 0.717) is 49.9 Å². The number of fused-ring (bicyclic) bond motifs is 1. The minimum absolute atomic E-state index is 0.0355. The second kappa shape index (κ2) is 10.8. The Morgan fingerprint density at radius 1 is 1.02 bits per heavy atom. The molecule has 9 nitrogen and oxygen atoms in total. The Hall–Kier alpha value is -4.14. The highest BCUT2D eigenvalue weighted by molar-refractivity contribution is 6.02. The van der Waals surface area contributed by atoms with Crippen molar-refractivity contribution in [1.29, 1.82) is 0 Å². The number of nitrogens with two attached hydrogens (primary N) is 1. The Balaban J connectivity index is 1.59. The van der Waals surface area contributed by atoms with Gasteiger partial charge in [0, 0.05) is 36.7 Å². The highest BCUT2D eigenvalue weighted by atomic mass is 16.5. The van der Waals surface area contributed by atoms with E-state index in [1.165, 1.54) is 7.11 Å². The molecule has 3 N–H and O–H groups in total. The molecule has 2 aromatic rings. The average Bonchev–Trinajstić information content (AvgIpc) is 3.06. The number of anilines is 2. The maximum absolute atomic E-state index is 13.8. The number of carbonyl (C=O) groups excluding carboxylic acids is 4. The van der Waals surface area contributed by atoms with E-state index >= 15 is 0 Å². The van der Waals surface area contributed by atoms with Crippen LogP contribution in [0.2, 0.25) is 0 Å². The number of nitrogens with zero attached hydrogens (tertiary/aromatic N) is 2. The average molecular weight is 545 g/mol. The molecule has 0 saturated carbocycles. The number of nitrogens with one attached hydrogen (secondary N) is 1. The van der Waals surface area contributed by atoms with Gasteiger partial charge < -0.3 is 25.6 Å². The number of Topliss-reactive ketones (excluding diaryl/α,β-unsaturated/α-hetero) is 1. The molecular formula is C31H36N4O5. The monoisotopic (exact) mass is 544 g/mol. The summed E-state index contributed by atoms with van der Waals surface area (Å²) in [6.07, 6.45) is 2.16. The Morgan fingerprint density at radius 2 is 1.70 bits per heavy atom. The lowest BCUT2D eigenvalue weighted by Crippen LogP contribution is -2.47. The molecular weight excluding hydrogens is 508 g/mol. The maximum Gasteiger partial charge on any atom is 0.337 e. The van der Waals surface area contributed by atoms with Crippen LogP contribution >= 0.6 is 0 Å². The molecule has 1 saturated heterocycles. The smallest absolute Gasteiger partial charge is 0.337 e. The minimum Gasteiger partial charge on any atom is -0.465 e. The predicted molar refractivity (Wildman–Crippen MR) is 151 cm³/mol. The molecule has 1 atom stereocenters. The van der Waals surface area contributed by atoms with Crippen molar-refractivity contribution in [3.63, 3.8) is 0 Å². The van der Waals surface area contributed by atoms with Crippen molar-refractivity contribution in [1.82, 2.24) is 4.90 Å². The van der Waals surface area contributed by atoms with Crippen molar-refractivity contribution in [2.24, 2.45) is 17.1 Å². The number of methoxy groups -OCH3 is 1. The Morgan fingerprint density at radius 3 is 2.35 bits per heavy atom. The number of primary amides is 1. The number of likely N-dealkylation sites (tertiary alicyclic amines) is 1. The molecule has 1 aliphatic carbocycles. The van der Waals surface area contributed by atoms with Gasteiger partial charge in [-0.15, -0.1) is 0 Å². The van der Waals surface area contributed by atoms with Crippen LogP contribution in [-0.4, -0.2) is 55.2 Å². The third-order valence-electron chi connectivity index (χ3n) is 8.21. The molecule has 0 bridgehead atoms. The third-order valence-corrected chi connectivity index (χ3v) is 8.21. The van der Waals surface area contributed by atoms with Crippen LogP contribution in [0.1, 0.15) is 61.5 Å². The number of rotatable bonds is 5. The molecule has 2 heterocycles. The first kappa shape index (κ1) is 27.4. The summed E-state index contributed by atoms with van der Waals surface area (Å²) in [4.78, 5) is 55.2. The molecule has 0 aromatic heterocycles. The summed E-state index contributed by atoms with van der Waals surface area (Å²) >= 11 is 0. The minimum atomic E-state index is -0.548. The molecule has 0 spiro atoms. The molecule has 2 aromatic carbocycles. The summed E-state index contributed by atoms with van der Waals surface area (Å²) in [6, 6.07) is 14.3. The summed E-state index contributed by atoms with van der Waals surface area (Å²) in [5.41, 5.74) is 9.62. The number of ether oxygens (including phenoxy) is 1. The second-order valence-electron chi connectivity index (χ2n) is 11.7. The van der Waals surface area contributed by atoms with E-state index in [1.807, 2.05) is 41.3 Å². The number of ketones is 1. The van der Waals surface area contributed by atoms with Crippen LogP contribution in [0.4, 0.5) is 11.4 Å². The number of piperidine rings is 1. The highest BCUT2D eigenvalue weighted by Crippen LogP contribution is 2.48. The Bertz CT molecular complexity index is 1370. The van der Waals surface area contributed by atoms with Crippen molar-refractivity contribution < 1.29 is 23.9 Å². The van der Waals surface area contributed by atoms with E-state index in [0.717, 1.165) is 22.6 Å². The Kier molecular flexibility index (Phi) is 7.40. The Labute approximate surface area is 234 Å². The van der Waals surface area contributed by atoms with Crippen molar-refractivity contribution in [3.05, 3.63) is 70.9 Å². The standard InChI is InChI=1S/C31H36N4O5/c1-31(2)16-23-27(25(36)17-31)28(19-8-10-21(11-9-19)30(39)40-3)35(24-7-5-4-6-22(24)33-23)18-26(37)34-14-12-20(13-15-34)29(32)38/h4-11,20,28,33H,12-18H2,1-3H3,(H2,32,38). The molecule has 2 aliphatic heterocycles. The fourth-order valence-corrected chi connectivity index (χ4v) is 6.15. The lowest BCUT2D eigenvalue weighted by molar-refractivity contribution is -0.133. The van der Waals surface area contributed by atoms with Crippen LogP contribution in [0.15, 0.2) is 59.8 Å². The second-order valence-corrected chi connectivity index (χ2v) is 11.7. The lowest BCUT2D eigenvalue weighted by Gasteiger charge is -2.39. The van der Waals surface area contributed by atoms with E-state index in [-0.39, 0.29) is 35.5 Å². The number of hydrogen-bond donors (Lipinski definition) is 2. The molecule has 40 heavy (non-hydrogen) atoms. The zero-order valence-corrected chi connectivity index (χ0v) is 23.2. The summed E-state index contributed by atoms with van der Waals surface area (Å²) in [5.74, 6) is -1.03. The van der Waals surface area contributed by atoms with E-state index in [4.69, 9.17) is 10.5 Å².